The van der Waals surface area contributed by atoms with Gasteiger partial charge in [0, 0.05) is 23.5 Å². The van der Waals surface area contributed by atoms with E-state index in [1.54, 1.807) is 11.9 Å². The lowest BCUT2D eigenvalue weighted by atomic mass is 9.93. The number of fused-ring (bicyclic) bond motifs is 1. The average Bonchev–Trinajstić information content (AvgIpc) is 2.88. The predicted molar refractivity (Wildman–Crippen MR) is 161 cm³/mol. The smallest absolute Gasteiger partial charge is 0.0800 e. The fourth-order valence-electron chi connectivity index (χ4n) is 4.62. The van der Waals surface area contributed by atoms with Crippen LogP contribution in [0.25, 0.3) is 28.0 Å². The second kappa shape index (κ2) is 12.6. The van der Waals surface area contributed by atoms with E-state index >= 15 is 0 Å². The number of nitrogens with one attached hydrogen (secondary N) is 1. The van der Waals surface area contributed by atoms with Crippen LogP contribution in [0.4, 0.5) is 0 Å². The van der Waals surface area contributed by atoms with Gasteiger partial charge in [0.25, 0.3) is 0 Å². The molecule has 0 aliphatic rings. The number of rotatable bonds is 11. The van der Waals surface area contributed by atoms with Crippen molar-refractivity contribution in [2.45, 2.75) is 43.7 Å². The second-order valence-electron chi connectivity index (χ2n) is 10.3. The van der Waals surface area contributed by atoms with E-state index < -0.39 is 6.10 Å². The van der Waals surface area contributed by atoms with Crippen LogP contribution in [0.1, 0.15) is 31.9 Å². The van der Waals surface area contributed by atoms with Crippen molar-refractivity contribution in [1.29, 1.82) is 0 Å². The van der Waals surface area contributed by atoms with Gasteiger partial charge in [-0.3, -0.25) is 0 Å². The Morgan fingerprint density at radius 1 is 0.892 bits per heavy atom. The molecular weight excluding hydrogens is 472 g/mol. The van der Waals surface area contributed by atoms with Gasteiger partial charge in [0.2, 0.25) is 0 Å². The van der Waals surface area contributed by atoms with Gasteiger partial charge in [0.05, 0.1) is 6.10 Å². The SMILES string of the molecule is C/C=C/c1cccc(-c2ccc(SN(C)C[C@H](O)CNC(C)(C)Cc3ccc4ccccc4c3)cc2)c1. The molecule has 0 fully saturated rings. The standard InChI is InChI=1S/C33H38N2OS/c1-5-9-25-10-8-13-30(20-25)28-16-18-32(19-17-28)37-35(4)24-31(36)23-34-33(2,3)22-26-14-15-27-11-6-7-12-29(27)21-26/h5-21,31,34,36H,22-24H2,1-4H3/b9-5+/t31-/m1/s1. The molecule has 0 bridgehead atoms. The number of nitrogens with zero attached hydrogens (tertiary/aromatic N) is 1. The molecule has 2 N–H and O–H groups in total. The molecule has 0 saturated carbocycles. The van der Waals surface area contributed by atoms with Crippen molar-refractivity contribution in [3.63, 3.8) is 0 Å². The number of benzene rings is 4. The minimum atomic E-state index is -0.456. The molecule has 1 atom stereocenters. The highest BCUT2D eigenvalue weighted by molar-refractivity contribution is 7.97. The minimum absolute atomic E-state index is 0.116. The average molecular weight is 511 g/mol. The van der Waals surface area contributed by atoms with Crippen LogP contribution >= 0.6 is 11.9 Å². The molecule has 4 aromatic rings. The molecule has 37 heavy (non-hydrogen) atoms. The summed E-state index contributed by atoms with van der Waals surface area (Å²) in [5, 5.41) is 16.8. The van der Waals surface area contributed by atoms with Crippen molar-refractivity contribution in [2.24, 2.45) is 0 Å². The van der Waals surface area contributed by atoms with Crippen LogP contribution in [-0.2, 0) is 6.42 Å². The molecular formula is C33H38N2OS. The molecule has 0 aliphatic carbocycles. The zero-order chi connectivity index (χ0) is 26.3. The molecule has 3 nitrogen and oxygen atoms in total. The molecule has 0 aromatic heterocycles. The maximum absolute atomic E-state index is 10.7. The van der Waals surface area contributed by atoms with Gasteiger partial charge in [-0.15, -0.1) is 0 Å². The first-order chi connectivity index (χ1) is 17.8. The van der Waals surface area contributed by atoms with Crippen molar-refractivity contribution >= 4 is 28.8 Å². The third-order valence-corrected chi connectivity index (χ3v) is 7.38. The first-order valence-corrected chi connectivity index (χ1v) is 13.7. The van der Waals surface area contributed by atoms with Gasteiger partial charge in [-0.25, -0.2) is 4.31 Å². The van der Waals surface area contributed by atoms with Gasteiger partial charge in [0.15, 0.2) is 0 Å². The third kappa shape index (κ3) is 8.05. The summed E-state index contributed by atoms with van der Waals surface area (Å²) in [6, 6.07) is 32.3. The van der Waals surface area contributed by atoms with Crippen LogP contribution in [0.3, 0.4) is 0 Å². The number of allylic oxidation sites excluding steroid dienone is 1. The molecule has 0 amide bonds. The number of likely N-dealkylation sites (N-methyl/N-ethyl adjacent to an activating group) is 1. The lowest BCUT2D eigenvalue weighted by Crippen LogP contribution is -2.46. The highest BCUT2D eigenvalue weighted by Crippen LogP contribution is 2.27. The van der Waals surface area contributed by atoms with Gasteiger partial charge in [-0.1, -0.05) is 84.9 Å². The Labute approximate surface area is 226 Å². The summed E-state index contributed by atoms with van der Waals surface area (Å²) >= 11 is 1.66. The lowest BCUT2D eigenvalue weighted by molar-refractivity contribution is 0.142. The van der Waals surface area contributed by atoms with Crippen LogP contribution in [-0.4, -0.2) is 41.2 Å². The van der Waals surface area contributed by atoms with E-state index in [0.29, 0.717) is 13.1 Å². The summed E-state index contributed by atoms with van der Waals surface area (Å²) in [5.41, 5.74) is 4.82. The number of β-amino-alcohol motifs (C(OH)–C–C–N with tert-alkyl or cyclic N) is 1. The van der Waals surface area contributed by atoms with Gasteiger partial charge in [0.1, 0.15) is 0 Å². The zero-order valence-corrected chi connectivity index (χ0v) is 23.1. The van der Waals surface area contributed by atoms with E-state index in [0.717, 1.165) is 11.3 Å². The molecule has 0 saturated heterocycles. The van der Waals surface area contributed by atoms with Crippen LogP contribution in [0.15, 0.2) is 102 Å². The van der Waals surface area contributed by atoms with Crippen LogP contribution < -0.4 is 5.32 Å². The van der Waals surface area contributed by atoms with Crippen molar-refractivity contribution in [3.05, 3.63) is 108 Å². The van der Waals surface area contributed by atoms with E-state index in [1.807, 2.05) is 14.0 Å². The van der Waals surface area contributed by atoms with Crippen LogP contribution in [0, 0.1) is 0 Å². The molecule has 0 heterocycles. The van der Waals surface area contributed by atoms with Crippen LogP contribution in [0.5, 0.6) is 0 Å². The Bertz CT molecular complexity index is 1330. The van der Waals surface area contributed by atoms with Crippen molar-refractivity contribution in [2.75, 3.05) is 20.1 Å². The summed E-state index contributed by atoms with van der Waals surface area (Å²) in [4.78, 5) is 1.16. The van der Waals surface area contributed by atoms with E-state index in [9.17, 15) is 5.11 Å². The summed E-state index contributed by atoms with van der Waals surface area (Å²) in [5.74, 6) is 0. The third-order valence-electron chi connectivity index (χ3n) is 6.44. The van der Waals surface area contributed by atoms with Gasteiger partial charge in [-0.05, 0) is 97.4 Å². The maximum Gasteiger partial charge on any atom is 0.0800 e. The number of aliphatic hydroxyl groups is 1. The molecule has 4 aromatic carbocycles. The Morgan fingerprint density at radius 3 is 2.41 bits per heavy atom. The highest BCUT2D eigenvalue weighted by Gasteiger charge is 2.20. The van der Waals surface area contributed by atoms with Gasteiger partial charge < -0.3 is 10.4 Å². The summed E-state index contributed by atoms with van der Waals surface area (Å²) in [6.07, 6.45) is 4.62. The Kier molecular flexibility index (Phi) is 9.23. The number of hydrogen-bond acceptors (Lipinski definition) is 4. The monoisotopic (exact) mass is 510 g/mol. The fraction of sp³-hybridized carbons (Fsp3) is 0.273. The fourth-order valence-corrected chi connectivity index (χ4v) is 5.48. The molecule has 0 aliphatic heterocycles. The molecule has 0 spiro atoms. The minimum Gasteiger partial charge on any atom is -0.390 e. The summed E-state index contributed by atoms with van der Waals surface area (Å²) in [6.45, 7) is 7.56. The largest absolute Gasteiger partial charge is 0.390 e. The van der Waals surface area contributed by atoms with Crippen LogP contribution in [0.2, 0.25) is 0 Å². The van der Waals surface area contributed by atoms with Crippen molar-refractivity contribution in [3.8, 4) is 11.1 Å². The Morgan fingerprint density at radius 2 is 1.65 bits per heavy atom. The molecule has 192 valence electrons. The van der Waals surface area contributed by atoms with E-state index in [-0.39, 0.29) is 5.54 Å². The second-order valence-corrected chi connectivity index (χ2v) is 11.6. The zero-order valence-electron chi connectivity index (χ0n) is 22.3. The molecule has 0 unspecified atom stereocenters. The van der Waals surface area contributed by atoms with E-state index in [2.05, 4.69) is 127 Å². The van der Waals surface area contributed by atoms with Crippen molar-refractivity contribution in [1.82, 2.24) is 9.62 Å². The van der Waals surface area contributed by atoms with Gasteiger partial charge >= 0.3 is 0 Å². The molecule has 4 heteroatoms. The number of hydrogen-bond donors (Lipinski definition) is 2. The predicted octanol–water partition coefficient (Wildman–Crippen LogP) is 7.45. The van der Waals surface area contributed by atoms with E-state index in [1.165, 1.54) is 33.0 Å². The maximum atomic E-state index is 10.7. The quantitative estimate of drug-likeness (QED) is 0.205. The van der Waals surface area contributed by atoms with Gasteiger partial charge in [-0.2, -0.15) is 0 Å². The lowest BCUT2D eigenvalue weighted by Gasteiger charge is -2.29. The Hall–Kier alpha value is -2.89. The topological polar surface area (TPSA) is 35.5 Å². The Balaban J connectivity index is 1.26. The molecule has 4 rings (SSSR count). The highest BCUT2D eigenvalue weighted by atomic mass is 32.2. The van der Waals surface area contributed by atoms with Crippen molar-refractivity contribution < 1.29 is 5.11 Å². The summed E-state index contributed by atoms with van der Waals surface area (Å²) < 4.78 is 2.10. The first-order valence-electron chi connectivity index (χ1n) is 12.9. The molecule has 0 radical (unpaired) electrons. The summed E-state index contributed by atoms with van der Waals surface area (Å²) in [7, 11) is 2.03. The normalized spacial score (nSPS) is 13.0. The number of aliphatic hydroxyl groups excluding tert-OH is 1. The van der Waals surface area contributed by atoms with E-state index in [4.69, 9.17) is 0 Å². The first kappa shape index (κ1) is 27.2.